The molecule has 1 aliphatic carbocycles. The molecule has 1 aromatic rings. The Morgan fingerprint density at radius 2 is 1.61 bits per heavy atom. The van der Waals surface area contributed by atoms with Crippen molar-refractivity contribution in [3.05, 3.63) is 34.9 Å². The fourth-order valence-electron chi connectivity index (χ4n) is 2.96. The maximum Gasteiger partial charge on any atom is 0.313 e. The summed E-state index contributed by atoms with van der Waals surface area (Å²) in [5.74, 6) is -3.07. The lowest BCUT2D eigenvalue weighted by Gasteiger charge is -2.27. The second kappa shape index (κ2) is 5.91. The first-order chi connectivity index (χ1) is 10.6. The van der Waals surface area contributed by atoms with E-state index in [1.165, 1.54) is 7.11 Å². The molecule has 1 aliphatic rings. The number of fused-ring (bicyclic) bond motifs is 1. The minimum atomic E-state index is -1.18. The zero-order valence-electron chi connectivity index (χ0n) is 13.7. The lowest BCUT2D eigenvalue weighted by atomic mass is 9.81. The van der Waals surface area contributed by atoms with Crippen molar-refractivity contribution < 1.29 is 27.8 Å². The van der Waals surface area contributed by atoms with Gasteiger partial charge in [0.15, 0.2) is 11.6 Å². The van der Waals surface area contributed by atoms with Gasteiger partial charge in [0.1, 0.15) is 5.60 Å². The number of rotatable bonds is 3. The summed E-state index contributed by atoms with van der Waals surface area (Å²) >= 11 is 0. The number of hydrogen-bond acceptors (Lipinski definition) is 4. The molecule has 1 aromatic carbocycles. The van der Waals surface area contributed by atoms with Crippen LogP contribution < -0.4 is 0 Å². The van der Waals surface area contributed by atoms with E-state index >= 15 is 0 Å². The Bertz CT molecular complexity index is 616. The van der Waals surface area contributed by atoms with Crippen LogP contribution in [0, 0.1) is 17.0 Å². The highest BCUT2D eigenvalue weighted by atomic mass is 19.2. The second-order valence-corrected chi connectivity index (χ2v) is 6.92. The third-order valence-corrected chi connectivity index (χ3v) is 3.82. The van der Waals surface area contributed by atoms with Crippen molar-refractivity contribution >= 4 is 11.9 Å². The van der Waals surface area contributed by atoms with Crippen LogP contribution in [-0.4, -0.2) is 24.6 Å². The first-order valence-electron chi connectivity index (χ1n) is 7.33. The summed E-state index contributed by atoms with van der Waals surface area (Å²) in [6.45, 7) is 5.18. The molecule has 0 aliphatic heterocycles. The monoisotopic (exact) mass is 326 g/mol. The molecule has 0 heterocycles. The number of halogens is 2. The number of ether oxygens (including phenoxy) is 2. The van der Waals surface area contributed by atoms with Gasteiger partial charge in [-0.05, 0) is 56.9 Å². The Balaban J connectivity index is 2.30. The number of hydrogen-bond donors (Lipinski definition) is 0. The average Bonchev–Trinajstić information content (AvgIpc) is 2.74. The van der Waals surface area contributed by atoms with Crippen LogP contribution >= 0.6 is 0 Å². The Kier molecular flexibility index (Phi) is 4.46. The number of carbonyl (C=O) groups excluding carboxylic acids is 2. The molecule has 0 aromatic heterocycles. The predicted octanol–water partition coefficient (Wildman–Crippen LogP) is 2.95. The lowest BCUT2D eigenvalue weighted by molar-refractivity contribution is -0.166. The quantitative estimate of drug-likeness (QED) is 0.802. The van der Waals surface area contributed by atoms with Crippen LogP contribution in [0.25, 0.3) is 0 Å². The van der Waals surface area contributed by atoms with Gasteiger partial charge in [0.2, 0.25) is 0 Å². The van der Waals surface area contributed by atoms with Crippen molar-refractivity contribution in [2.24, 2.45) is 5.41 Å². The summed E-state index contributed by atoms with van der Waals surface area (Å²) in [5.41, 5.74) is -0.840. The standard InChI is InChI=1S/C17H20F2O4/c1-16(2,3)23-14(20)9-17(15(21)22-4)7-10-5-12(18)13(19)6-11(10)8-17/h5-6H,7-9H2,1-4H3. The summed E-state index contributed by atoms with van der Waals surface area (Å²) in [6.07, 6.45) is 0.0335. The summed E-state index contributed by atoms with van der Waals surface area (Å²) in [6, 6.07) is 2.15. The molecule has 0 radical (unpaired) electrons. The van der Waals surface area contributed by atoms with E-state index in [1.807, 2.05) is 0 Å². The molecular formula is C17H20F2O4. The van der Waals surface area contributed by atoms with E-state index in [-0.39, 0.29) is 19.3 Å². The fourth-order valence-corrected chi connectivity index (χ4v) is 2.96. The van der Waals surface area contributed by atoms with Gasteiger partial charge in [-0.1, -0.05) is 0 Å². The first kappa shape index (κ1) is 17.4. The van der Waals surface area contributed by atoms with Crippen molar-refractivity contribution in [1.82, 2.24) is 0 Å². The van der Waals surface area contributed by atoms with E-state index in [0.717, 1.165) is 12.1 Å². The van der Waals surface area contributed by atoms with Crippen LogP contribution in [0.15, 0.2) is 12.1 Å². The van der Waals surface area contributed by atoms with Crippen molar-refractivity contribution in [1.29, 1.82) is 0 Å². The van der Waals surface area contributed by atoms with Crippen LogP contribution in [-0.2, 0) is 31.9 Å². The van der Waals surface area contributed by atoms with Gasteiger partial charge in [0, 0.05) is 0 Å². The van der Waals surface area contributed by atoms with E-state index in [0.29, 0.717) is 11.1 Å². The van der Waals surface area contributed by atoms with Gasteiger partial charge in [0.05, 0.1) is 18.9 Å². The van der Waals surface area contributed by atoms with Crippen LogP contribution in [0.4, 0.5) is 8.78 Å². The van der Waals surface area contributed by atoms with Crippen molar-refractivity contribution in [3.63, 3.8) is 0 Å². The Hall–Kier alpha value is -1.98. The Morgan fingerprint density at radius 1 is 1.13 bits per heavy atom. The second-order valence-electron chi connectivity index (χ2n) is 6.92. The molecule has 0 saturated heterocycles. The van der Waals surface area contributed by atoms with E-state index in [1.54, 1.807) is 20.8 Å². The maximum absolute atomic E-state index is 13.4. The van der Waals surface area contributed by atoms with E-state index in [2.05, 4.69) is 0 Å². The molecule has 0 spiro atoms. The molecule has 0 unspecified atom stereocenters. The Labute approximate surface area is 133 Å². The smallest absolute Gasteiger partial charge is 0.313 e. The van der Waals surface area contributed by atoms with Crippen molar-refractivity contribution in [3.8, 4) is 0 Å². The van der Waals surface area contributed by atoms with Crippen LogP contribution in [0.2, 0.25) is 0 Å². The number of benzene rings is 1. The number of esters is 2. The van der Waals surface area contributed by atoms with Gasteiger partial charge in [-0.25, -0.2) is 8.78 Å². The fraction of sp³-hybridized carbons (Fsp3) is 0.529. The zero-order valence-corrected chi connectivity index (χ0v) is 13.7. The molecule has 0 N–H and O–H groups in total. The molecular weight excluding hydrogens is 306 g/mol. The first-order valence-corrected chi connectivity index (χ1v) is 7.33. The third kappa shape index (κ3) is 3.68. The highest BCUT2D eigenvalue weighted by Gasteiger charge is 2.47. The molecule has 4 nitrogen and oxygen atoms in total. The third-order valence-electron chi connectivity index (χ3n) is 3.82. The summed E-state index contributed by atoms with van der Waals surface area (Å²) < 4.78 is 36.9. The van der Waals surface area contributed by atoms with E-state index in [4.69, 9.17) is 9.47 Å². The van der Waals surface area contributed by atoms with Gasteiger partial charge in [-0.15, -0.1) is 0 Å². The van der Waals surface area contributed by atoms with Gasteiger partial charge in [-0.3, -0.25) is 9.59 Å². The van der Waals surface area contributed by atoms with Crippen LogP contribution in [0.3, 0.4) is 0 Å². The molecule has 0 saturated carbocycles. The molecule has 0 fully saturated rings. The predicted molar refractivity (Wildman–Crippen MR) is 78.7 cm³/mol. The highest BCUT2D eigenvalue weighted by molar-refractivity contribution is 5.85. The maximum atomic E-state index is 13.4. The molecule has 0 amide bonds. The van der Waals surface area contributed by atoms with E-state index in [9.17, 15) is 18.4 Å². The normalized spacial score (nSPS) is 15.9. The largest absolute Gasteiger partial charge is 0.469 e. The number of methoxy groups -OCH3 is 1. The van der Waals surface area contributed by atoms with Gasteiger partial charge < -0.3 is 9.47 Å². The minimum Gasteiger partial charge on any atom is -0.469 e. The molecule has 0 atom stereocenters. The van der Waals surface area contributed by atoms with Gasteiger partial charge in [-0.2, -0.15) is 0 Å². The van der Waals surface area contributed by atoms with E-state index < -0.39 is 34.6 Å². The Morgan fingerprint density at radius 3 is 2.00 bits per heavy atom. The molecule has 2 rings (SSSR count). The van der Waals surface area contributed by atoms with Crippen LogP contribution in [0.5, 0.6) is 0 Å². The summed E-state index contributed by atoms with van der Waals surface area (Å²) in [5, 5.41) is 0. The molecule has 126 valence electrons. The van der Waals surface area contributed by atoms with Crippen molar-refractivity contribution in [2.75, 3.05) is 7.11 Å². The minimum absolute atomic E-state index is 0.117. The SMILES string of the molecule is COC(=O)C1(CC(=O)OC(C)(C)C)Cc2cc(F)c(F)cc2C1. The van der Waals surface area contributed by atoms with Gasteiger partial charge >= 0.3 is 11.9 Å². The summed E-state index contributed by atoms with van der Waals surface area (Å²) in [7, 11) is 1.23. The zero-order chi connectivity index (χ0) is 17.4. The highest BCUT2D eigenvalue weighted by Crippen LogP contribution is 2.42. The average molecular weight is 326 g/mol. The van der Waals surface area contributed by atoms with Gasteiger partial charge in [0.25, 0.3) is 0 Å². The van der Waals surface area contributed by atoms with Crippen molar-refractivity contribution in [2.45, 2.75) is 45.6 Å². The van der Waals surface area contributed by atoms with Crippen LogP contribution in [0.1, 0.15) is 38.3 Å². The topological polar surface area (TPSA) is 52.6 Å². The molecule has 23 heavy (non-hydrogen) atoms. The number of carbonyl (C=O) groups is 2. The lowest BCUT2D eigenvalue weighted by Crippen LogP contribution is -2.37. The molecule has 6 heteroatoms. The molecule has 0 bridgehead atoms. The summed E-state index contributed by atoms with van der Waals surface area (Å²) in [4.78, 5) is 24.4.